The Labute approximate surface area is 112 Å². The molecule has 1 unspecified atom stereocenters. The van der Waals surface area contributed by atoms with E-state index in [1.54, 1.807) is 6.92 Å². The maximum atomic E-state index is 12.9. The van der Waals surface area contributed by atoms with Gasteiger partial charge in [0.15, 0.2) is 9.84 Å². The predicted molar refractivity (Wildman–Crippen MR) is 71.2 cm³/mol. The number of hydrogen-bond donors (Lipinski definition) is 0. The highest BCUT2D eigenvalue weighted by Gasteiger charge is 2.34. The van der Waals surface area contributed by atoms with Crippen molar-refractivity contribution in [3.05, 3.63) is 30.1 Å². The van der Waals surface area contributed by atoms with Gasteiger partial charge < -0.3 is 4.90 Å². The lowest BCUT2D eigenvalue weighted by Gasteiger charge is -2.28. The van der Waals surface area contributed by atoms with Crippen LogP contribution in [0.4, 0.5) is 10.1 Å². The first-order valence-electron chi connectivity index (χ1n) is 6.21. The van der Waals surface area contributed by atoms with E-state index < -0.39 is 9.84 Å². The van der Waals surface area contributed by atoms with Crippen LogP contribution in [0.3, 0.4) is 0 Å². The number of halogens is 1. The molecular weight excluding hydrogens is 269 g/mol. The standard InChI is InChI=1S/C13H16FNO3S/c1-2-13(16)15(11-5-3-10(14)4-6-11)12-7-8-19(17,18)9-12/h3-6,12H,2,7-9H2,1H3. The molecule has 0 radical (unpaired) electrons. The first-order chi connectivity index (χ1) is 8.93. The third-order valence-corrected chi connectivity index (χ3v) is 5.00. The average molecular weight is 285 g/mol. The summed E-state index contributed by atoms with van der Waals surface area (Å²) in [6.07, 6.45) is 0.722. The van der Waals surface area contributed by atoms with Gasteiger partial charge in [-0.2, -0.15) is 0 Å². The molecule has 0 aliphatic carbocycles. The van der Waals surface area contributed by atoms with E-state index in [1.807, 2.05) is 0 Å². The van der Waals surface area contributed by atoms with Crippen molar-refractivity contribution >= 4 is 21.4 Å². The summed E-state index contributed by atoms with van der Waals surface area (Å²) in [5.41, 5.74) is 0.551. The van der Waals surface area contributed by atoms with Gasteiger partial charge in [0, 0.05) is 12.1 Å². The normalized spacial score (nSPS) is 21.3. The quantitative estimate of drug-likeness (QED) is 0.850. The van der Waals surface area contributed by atoms with Crippen LogP contribution in [-0.4, -0.2) is 31.9 Å². The first kappa shape index (κ1) is 14.0. The number of hydrogen-bond acceptors (Lipinski definition) is 3. The van der Waals surface area contributed by atoms with Crippen LogP contribution in [0.25, 0.3) is 0 Å². The minimum atomic E-state index is -3.07. The van der Waals surface area contributed by atoms with E-state index in [1.165, 1.54) is 29.2 Å². The molecule has 0 saturated carbocycles. The average Bonchev–Trinajstić information content (AvgIpc) is 2.72. The number of amides is 1. The van der Waals surface area contributed by atoms with Crippen LogP contribution in [-0.2, 0) is 14.6 Å². The number of rotatable bonds is 3. The second-order valence-corrected chi connectivity index (χ2v) is 6.88. The van der Waals surface area contributed by atoms with E-state index in [4.69, 9.17) is 0 Å². The summed E-state index contributed by atoms with van der Waals surface area (Å²) in [6, 6.07) is 5.22. The summed E-state index contributed by atoms with van der Waals surface area (Å²) in [6.45, 7) is 1.72. The second-order valence-electron chi connectivity index (χ2n) is 4.65. The van der Waals surface area contributed by atoms with Crippen molar-refractivity contribution in [2.45, 2.75) is 25.8 Å². The summed E-state index contributed by atoms with van der Waals surface area (Å²) < 4.78 is 36.0. The van der Waals surface area contributed by atoms with Gasteiger partial charge in [0.25, 0.3) is 0 Å². The Morgan fingerprint density at radius 1 is 1.37 bits per heavy atom. The second kappa shape index (κ2) is 5.28. The van der Waals surface area contributed by atoms with Crippen LogP contribution in [0.15, 0.2) is 24.3 Å². The number of carbonyl (C=O) groups excluding carboxylic acids is 1. The van der Waals surface area contributed by atoms with Crippen molar-refractivity contribution in [2.24, 2.45) is 0 Å². The molecule has 1 atom stereocenters. The lowest BCUT2D eigenvalue weighted by Crippen LogP contribution is -2.41. The predicted octanol–water partition coefficient (Wildman–Crippen LogP) is 1.76. The zero-order chi connectivity index (χ0) is 14.0. The third kappa shape index (κ3) is 3.12. The van der Waals surface area contributed by atoms with E-state index in [9.17, 15) is 17.6 Å². The van der Waals surface area contributed by atoms with Gasteiger partial charge in [-0.25, -0.2) is 12.8 Å². The van der Waals surface area contributed by atoms with Gasteiger partial charge in [-0.1, -0.05) is 6.92 Å². The topological polar surface area (TPSA) is 54.5 Å². The highest BCUT2D eigenvalue weighted by Crippen LogP contribution is 2.25. The van der Waals surface area contributed by atoms with Gasteiger partial charge in [-0.15, -0.1) is 0 Å². The summed E-state index contributed by atoms with van der Waals surface area (Å²) in [5.74, 6) is -0.442. The maximum Gasteiger partial charge on any atom is 0.226 e. The Balaban J connectivity index is 2.32. The van der Waals surface area contributed by atoms with E-state index >= 15 is 0 Å². The minimum absolute atomic E-state index is 0.0177. The molecular formula is C13H16FNO3S. The fraction of sp³-hybridized carbons (Fsp3) is 0.462. The molecule has 1 aromatic carbocycles. The van der Waals surface area contributed by atoms with Crippen LogP contribution < -0.4 is 4.90 Å². The summed E-state index contributed by atoms with van der Waals surface area (Å²) >= 11 is 0. The number of carbonyl (C=O) groups is 1. The number of nitrogens with zero attached hydrogens (tertiary/aromatic N) is 1. The SMILES string of the molecule is CCC(=O)N(c1ccc(F)cc1)C1CCS(=O)(=O)C1. The van der Waals surface area contributed by atoms with Crippen molar-refractivity contribution in [1.82, 2.24) is 0 Å². The number of benzene rings is 1. The van der Waals surface area contributed by atoms with Gasteiger partial charge in [0.2, 0.25) is 5.91 Å². The van der Waals surface area contributed by atoms with E-state index in [0.717, 1.165) is 0 Å². The number of sulfone groups is 1. The van der Waals surface area contributed by atoms with Gasteiger partial charge >= 0.3 is 0 Å². The monoisotopic (exact) mass is 285 g/mol. The molecule has 1 fully saturated rings. The Kier molecular flexibility index (Phi) is 3.89. The Morgan fingerprint density at radius 2 is 2.00 bits per heavy atom. The van der Waals surface area contributed by atoms with Crippen LogP contribution >= 0.6 is 0 Å². The molecule has 0 N–H and O–H groups in total. The highest BCUT2D eigenvalue weighted by molar-refractivity contribution is 7.91. The fourth-order valence-corrected chi connectivity index (χ4v) is 4.01. The molecule has 19 heavy (non-hydrogen) atoms. The maximum absolute atomic E-state index is 12.9. The zero-order valence-electron chi connectivity index (χ0n) is 10.7. The molecule has 1 aliphatic rings. The van der Waals surface area contributed by atoms with Crippen molar-refractivity contribution in [3.63, 3.8) is 0 Å². The van der Waals surface area contributed by atoms with Crippen molar-refractivity contribution in [1.29, 1.82) is 0 Å². The lowest BCUT2D eigenvalue weighted by atomic mass is 10.1. The number of anilines is 1. The molecule has 1 aromatic rings. The Morgan fingerprint density at radius 3 is 2.47 bits per heavy atom. The van der Waals surface area contributed by atoms with Gasteiger partial charge in [-0.3, -0.25) is 4.79 Å². The smallest absolute Gasteiger partial charge is 0.226 e. The van der Waals surface area contributed by atoms with Crippen LogP contribution in [0, 0.1) is 5.82 Å². The molecule has 1 heterocycles. The van der Waals surface area contributed by atoms with Crippen molar-refractivity contribution in [2.75, 3.05) is 16.4 Å². The fourth-order valence-electron chi connectivity index (χ4n) is 2.31. The lowest BCUT2D eigenvalue weighted by molar-refractivity contribution is -0.118. The molecule has 104 valence electrons. The van der Waals surface area contributed by atoms with Crippen LogP contribution in [0.5, 0.6) is 0 Å². The van der Waals surface area contributed by atoms with E-state index in [-0.39, 0.29) is 35.7 Å². The molecule has 2 rings (SSSR count). The molecule has 6 heteroatoms. The largest absolute Gasteiger partial charge is 0.308 e. The van der Waals surface area contributed by atoms with E-state index in [0.29, 0.717) is 12.1 Å². The summed E-state index contributed by atoms with van der Waals surface area (Å²) in [5, 5.41) is 0. The Hall–Kier alpha value is -1.43. The minimum Gasteiger partial charge on any atom is -0.308 e. The zero-order valence-corrected chi connectivity index (χ0v) is 11.5. The molecule has 0 aromatic heterocycles. The van der Waals surface area contributed by atoms with Crippen molar-refractivity contribution in [3.8, 4) is 0 Å². The van der Waals surface area contributed by atoms with Crippen LogP contribution in [0.1, 0.15) is 19.8 Å². The highest BCUT2D eigenvalue weighted by atomic mass is 32.2. The van der Waals surface area contributed by atoms with Crippen LogP contribution in [0.2, 0.25) is 0 Å². The first-order valence-corrected chi connectivity index (χ1v) is 8.03. The molecule has 1 saturated heterocycles. The molecule has 1 amide bonds. The molecule has 0 bridgehead atoms. The third-order valence-electron chi connectivity index (χ3n) is 3.25. The molecule has 4 nitrogen and oxygen atoms in total. The van der Waals surface area contributed by atoms with Gasteiger partial charge in [0.1, 0.15) is 5.82 Å². The molecule has 0 spiro atoms. The van der Waals surface area contributed by atoms with E-state index in [2.05, 4.69) is 0 Å². The summed E-state index contributed by atoms with van der Waals surface area (Å²) in [4.78, 5) is 13.5. The van der Waals surface area contributed by atoms with Crippen molar-refractivity contribution < 1.29 is 17.6 Å². The Bertz CT molecular complexity index is 568. The molecule has 1 aliphatic heterocycles. The van der Waals surface area contributed by atoms with Gasteiger partial charge in [0.05, 0.1) is 17.5 Å². The summed E-state index contributed by atoms with van der Waals surface area (Å²) in [7, 11) is -3.07. The van der Waals surface area contributed by atoms with Gasteiger partial charge in [-0.05, 0) is 30.7 Å².